The Morgan fingerprint density at radius 2 is 1.93 bits per heavy atom. The number of hydrogen-bond donors (Lipinski definition) is 0. The lowest BCUT2D eigenvalue weighted by atomic mass is 9.98. The van der Waals surface area contributed by atoms with E-state index >= 15 is 0 Å². The van der Waals surface area contributed by atoms with Crippen molar-refractivity contribution >= 4 is 0 Å². The number of rotatable bonds is 3. The first-order valence-corrected chi connectivity index (χ1v) is 6.07. The first kappa shape index (κ1) is 9.41. The van der Waals surface area contributed by atoms with Crippen LogP contribution in [0.5, 0.6) is 0 Å². The second-order valence-corrected chi connectivity index (χ2v) is 5.01. The van der Waals surface area contributed by atoms with E-state index in [0.717, 1.165) is 18.4 Å². The van der Waals surface area contributed by atoms with Crippen molar-refractivity contribution < 1.29 is 4.74 Å². The van der Waals surface area contributed by atoms with Gasteiger partial charge in [-0.05, 0) is 43.1 Å². The SMILES string of the molecule is c1ccc(CO[C@H]2C[C@@H]3CC[C@H]2C3)cc1. The first-order chi connectivity index (χ1) is 7.42. The van der Waals surface area contributed by atoms with E-state index in [9.17, 15) is 0 Å². The Hall–Kier alpha value is -0.820. The van der Waals surface area contributed by atoms with Crippen LogP contribution in [0, 0.1) is 11.8 Å². The second kappa shape index (κ2) is 3.97. The van der Waals surface area contributed by atoms with Crippen LogP contribution in [0.15, 0.2) is 30.3 Å². The average Bonchev–Trinajstić information content (AvgIpc) is 2.89. The van der Waals surface area contributed by atoms with Crippen LogP contribution >= 0.6 is 0 Å². The summed E-state index contributed by atoms with van der Waals surface area (Å²) in [6.07, 6.45) is 6.17. The molecule has 2 fully saturated rings. The molecule has 3 atom stereocenters. The molecule has 0 unspecified atom stereocenters. The van der Waals surface area contributed by atoms with E-state index in [2.05, 4.69) is 30.3 Å². The Morgan fingerprint density at radius 3 is 2.60 bits per heavy atom. The van der Waals surface area contributed by atoms with Crippen LogP contribution in [0.1, 0.15) is 31.2 Å². The molecule has 0 saturated heterocycles. The van der Waals surface area contributed by atoms with Gasteiger partial charge in [0, 0.05) is 0 Å². The molecule has 0 amide bonds. The van der Waals surface area contributed by atoms with E-state index in [1.54, 1.807) is 0 Å². The maximum atomic E-state index is 6.02. The highest BCUT2D eigenvalue weighted by molar-refractivity contribution is 5.13. The molecule has 0 spiro atoms. The zero-order valence-electron chi connectivity index (χ0n) is 9.06. The fraction of sp³-hybridized carbons (Fsp3) is 0.571. The van der Waals surface area contributed by atoms with Gasteiger partial charge in [-0.25, -0.2) is 0 Å². The van der Waals surface area contributed by atoms with Gasteiger partial charge in [0.15, 0.2) is 0 Å². The molecule has 0 heterocycles. The highest BCUT2D eigenvalue weighted by atomic mass is 16.5. The van der Waals surface area contributed by atoms with Gasteiger partial charge in [0.2, 0.25) is 0 Å². The van der Waals surface area contributed by atoms with E-state index < -0.39 is 0 Å². The lowest BCUT2D eigenvalue weighted by Gasteiger charge is -2.22. The van der Waals surface area contributed by atoms with Crippen molar-refractivity contribution in [2.75, 3.05) is 0 Å². The van der Waals surface area contributed by atoms with Gasteiger partial charge in [0.25, 0.3) is 0 Å². The molecular weight excluding hydrogens is 184 g/mol. The highest BCUT2D eigenvalue weighted by Crippen LogP contribution is 2.45. The molecular formula is C14H18O. The average molecular weight is 202 g/mol. The molecule has 1 heteroatoms. The molecule has 0 N–H and O–H groups in total. The number of fused-ring (bicyclic) bond motifs is 2. The minimum absolute atomic E-state index is 0.559. The standard InChI is InChI=1S/C14H18O/c1-2-4-11(5-3-1)10-15-14-9-12-6-7-13(14)8-12/h1-5,12-14H,6-10H2/t12-,13+,14+/m1/s1. The van der Waals surface area contributed by atoms with Crippen LogP contribution < -0.4 is 0 Å². The Balaban J connectivity index is 1.55. The van der Waals surface area contributed by atoms with Crippen molar-refractivity contribution in [2.45, 2.75) is 38.4 Å². The predicted molar refractivity (Wildman–Crippen MR) is 60.5 cm³/mol. The Labute approximate surface area is 91.5 Å². The van der Waals surface area contributed by atoms with Crippen molar-refractivity contribution in [1.82, 2.24) is 0 Å². The third kappa shape index (κ3) is 1.93. The molecule has 80 valence electrons. The summed E-state index contributed by atoms with van der Waals surface area (Å²) in [5.41, 5.74) is 1.31. The molecule has 2 aliphatic rings. The topological polar surface area (TPSA) is 9.23 Å². The summed E-state index contributed by atoms with van der Waals surface area (Å²) in [7, 11) is 0. The van der Waals surface area contributed by atoms with E-state index in [-0.39, 0.29) is 0 Å². The highest BCUT2D eigenvalue weighted by Gasteiger charge is 2.39. The number of hydrogen-bond acceptors (Lipinski definition) is 1. The first-order valence-electron chi connectivity index (χ1n) is 6.07. The molecule has 2 bridgehead atoms. The molecule has 0 radical (unpaired) electrons. The Kier molecular flexibility index (Phi) is 2.49. The van der Waals surface area contributed by atoms with Gasteiger partial charge in [0.1, 0.15) is 0 Å². The molecule has 0 aliphatic heterocycles. The molecule has 0 aromatic heterocycles. The van der Waals surface area contributed by atoms with E-state index in [1.165, 1.54) is 31.2 Å². The van der Waals surface area contributed by atoms with Crippen molar-refractivity contribution in [3.63, 3.8) is 0 Å². The lowest BCUT2D eigenvalue weighted by Crippen LogP contribution is -2.20. The number of ether oxygens (including phenoxy) is 1. The van der Waals surface area contributed by atoms with Crippen LogP contribution in [0.4, 0.5) is 0 Å². The summed E-state index contributed by atoms with van der Waals surface area (Å²) >= 11 is 0. The maximum Gasteiger partial charge on any atom is 0.0720 e. The van der Waals surface area contributed by atoms with Gasteiger partial charge in [0.05, 0.1) is 12.7 Å². The van der Waals surface area contributed by atoms with E-state index in [4.69, 9.17) is 4.74 Å². The van der Waals surface area contributed by atoms with Crippen LogP contribution in [0.3, 0.4) is 0 Å². The summed E-state index contributed by atoms with van der Waals surface area (Å²) < 4.78 is 6.02. The minimum atomic E-state index is 0.559. The van der Waals surface area contributed by atoms with Crippen molar-refractivity contribution in [2.24, 2.45) is 11.8 Å². The molecule has 15 heavy (non-hydrogen) atoms. The zero-order valence-corrected chi connectivity index (χ0v) is 9.06. The van der Waals surface area contributed by atoms with Gasteiger partial charge in [-0.15, -0.1) is 0 Å². The van der Waals surface area contributed by atoms with E-state index in [1.807, 2.05) is 0 Å². The second-order valence-electron chi connectivity index (χ2n) is 5.01. The smallest absolute Gasteiger partial charge is 0.0720 e. The Bertz CT molecular complexity index is 319. The van der Waals surface area contributed by atoms with Crippen molar-refractivity contribution in [3.8, 4) is 0 Å². The normalized spacial score (nSPS) is 33.5. The van der Waals surface area contributed by atoms with Gasteiger partial charge in [-0.1, -0.05) is 30.3 Å². The summed E-state index contributed by atoms with van der Waals surface area (Å²) in [5, 5.41) is 0. The van der Waals surface area contributed by atoms with Gasteiger partial charge >= 0.3 is 0 Å². The fourth-order valence-corrected chi connectivity index (χ4v) is 3.17. The maximum absolute atomic E-state index is 6.02. The largest absolute Gasteiger partial charge is 0.373 e. The van der Waals surface area contributed by atoms with Crippen LogP contribution in [0.25, 0.3) is 0 Å². The van der Waals surface area contributed by atoms with Crippen LogP contribution in [-0.2, 0) is 11.3 Å². The van der Waals surface area contributed by atoms with E-state index in [0.29, 0.717) is 6.10 Å². The molecule has 1 nitrogen and oxygen atoms in total. The molecule has 3 rings (SSSR count). The van der Waals surface area contributed by atoms with Gasteiger partial charge < -0.3 is 4.74 Å². The number of benzene rings is 1. The van der Waals surface area contributed by atoms with Gasteiger partial charge in [-0.2, -0.15) is 0 Å². The van der Waals surface area contributed by atoms with Crippen molar-refractivity contribution in [1.29, 1.82) is 0 Å². The molecule has 1 aromatic carbocycles. The lowest BCUT2D eigenvalue weighted by molar-refractivity contribution is 0.00520. The summed E-state index contributed by atoms with van der Waals surface area (Å²) in [4.78, 5) is 0. The minimum Gasteiger partial charge on any atom is -0.373 e. The monoisotopic (exact) mass is 202 g/mol. The van der Waals surface area contributed by atoms with Crippen molar-refractivity contribution in [3.05, 3.63) is 35.9 Å². The van der Waals surface area contributed by atoms with Crippen LogP contribution in [0.2, 0.25) is 0 Å². The third-order valence-electron chi connectivity index (χ3n) is 3.98. The Morgan fingerprint density at radius 1 is 1.07 bits per heavy atom. The zero-order chi connectivity index (χ0) is 10.1. The van der Waals surface area contributed by atoms with Crippen LogP contribution in [-0.4, -0.2) is 6.10 Å². The molecule has 1 aromatic rings. The summed E-state index contributed by atoms with van der Waals surface area (Å²) in [5.74, 6) is 1.86. The fourth-order valence-electron chi connectivity index (χ4n) is 3.17. The molecule has 2 saturated carbocycles. The molecule has 2 aliphatic carbocycles. The summed E-state index contributed by atoms with van der Waals surface area (Å²) in [6.45, 7) is 0.800. The summed E-state index contributed by atoms with van der Waals surface area (Å²) in [6, 6.07) is 10.5. The third-order valence-corrected chi connectivity index (χ3v) is 3.98. The quantitative estimate of drug-likeness (QED) is 0.730. The van der Waals surface area contributed by atoms with Gasteiger partial charge in [-0.3, -0.25) is 0 Å². The predicted octanol–water partition coefficient (Wildman–Crippen LogP) is 3.39.